The molecule has 2 nitrogen and oxygen atoms in total. The standard InChI is InChI=1S/C13H18O2/c1-5-6-7-11-8-9-12(14-3)13(15-4)10(11)2/h6-9H,5H2,1-4H3/b7-6-. The molecule has 0 N–H and O–H groups in total. The Morgan fingerprint density at radius 3 is 2.47 bits per heavy atom. The molecule has 0 aliphatic rings. The first kappa shape index (κ1) is 11.6. The summed E-state index contributed by atoms with van der Waals surface area (Å²) >= 11 is 0. The van der Waals surface area contributed by atoms with Gasteiger partial charge in [0.05, 0.1) is 14.2 Å². The Morgan fingerprint density at radius 2 is 1.93 bits per heavy atom. The van der Waals surface area contributed by atoms with Crippen LogP contribution in [0.5, 0.6) is 11.5 Å². The zero-order chi connectivity index (χ0) is 11.3. The normalized spacial score (nSPS) is 10.7. The van der Waals surface area contributed by atoms with Crippen LogP contribution in [0.25, 0.3) is 6.08 Å². The predicted octanol–water partition coefficient (Wildman–Crippen LogP) is 3.44. The van der Waals surface area contributed by atoms with Crippen LogP contribution in [-0.2, 0) is 0 Å². The first-order valence-corrected chi connectivity index (χ1v) is 5.12. The predicted molar refractivity (Wildman–Crippen MR) is 63.6 cm³/mol. The molecule has 0 aliphatic carbocycles. The van der Waals surface area contributed by atoms with E-state index in [0.29, 0.717) is 0 Å². The summed E-state index contributed by atoms with van der Waals surface area (Å²) in [5.74, 6) is 1.60. The summed E-state index contributed by atoms with van der Waals surface area (Å²) in [5.41, 5.74) is 2.29. The summed E-state index contributed by atoms with van der Waals surface area (Å²) < 4.78 is 10.6. The van der Waals surface area contributed by atoms with Crippen LogP contribution in [-0.4, -0.2) is 14.2 Å². The molecule has 0 spiro atoms. The van der Waals surface area contributed by atoms with Crippen LogP contribution in [0.4, 0.5) is 0 Å². The van der Waals surface area contributed by atoms with Crippen molar-refractivity contribution in [1.29, 1.82) is 0 Å². The van der Waals surface area contributed by atoms with Gasteiger partial charge in [0.2, 0.25) is 0 Å². The van der Waals surface area contributed by atoms with Gasteiger partial charge in [0.25, 0.3) is 0 Å². The zero-order valence-corrected chi connectivity index (χ0v) is 9.83. The van der Waals surface area contributed by atoms with Gasteiger partial charge in [0, 0.05) is 5.56 Å². The zero-order valence-electron chi connectivity index (χ0n) is 9.83. The molecule has 0 aromatic heterocycles. The van der Waals surface area contributed by atoms with Gasteiger partial charge in [-0.3, -0.25) is 0 Å². The first-order chi connectivity index (χ1) is 7.24. The van der Waals surface area contributed by atoms with Gasteiger partial charge in [0.1, 0.15) is 0 Å². The molecule has 2 heteroatoms. The highest BCUT2D eigenvalue weighted by Gasteiger charge is 2.08. The van der Waals surface area contributed by atoms with E-state index in [1.807, 2.05) is 19.1 Å². The molecule has 0 fully saturated rings. The maximum Gasteiger partial charge on any atom is 0.164 e. The molecular weight excluding hydrogens is 188 g/mol. The van der Waals surface area contributed by atoms with Gasteiger partial charge < -0.3 is 9.47 Å². The molecule has 0 atom stereocenters. The number of ether oxygens (including phenoxy) is 2. The van der Waals surface area contributed by atoms with E-state index >= 15 is 0 Å². The lowest BCUT2D eigenvalue weighted by molar-refractivity contribution is 0.353. The van der Waals surface area contributed by atoms with E-state index in [1.165, 1.54) is 5.56 Å². The van der Waals surface area contributed by atoms with E-state index in [-0.39, 0.29) is 0 Å². The van der Waals surface area contributed by atoms with Crippen molar-refractivity contribution in [3.05, 3.63) is 29.3 Å². The van der Waals surface area contributed by atoms with Crippen molar-refractivity contribution >= 4 is 6.08 Å². The Morgan fingerprint density at radius 1 is 1.20 bits per heavy atom. The number of benzene rings is 1. The van der Waals surface area contributed by atoms with Crippen molar-refractivity contribution in [2.24, 2.45) is 0 Å². The molecule has 0 heterocycles. The molecule has 1 aromatic carbocycles. The summed E-state index contributed by atoms with van der Waals surface area (Å²) in [7, 11) is 3.32. The van der Waals surface area contributed by atoms with E-state index in [1.54, 1.807) is 14.2 Å². The molecular formula is C13H18O2. The van der Waals surface area contributed by atoms with Crippen LogP contribution >= 0.6 is 0 Å². The third-order valence-electron chi connectivity index (χ3n) is 2.37. The van der Waals surface area contributed by atoms with Gasteiger partial charge >= 0.3 is 0 Å². The number of hydrogen-bond acceptors (Lipinski definition) is 2. The fraction of sp³-hybridized carbons (Fsp3) is 0.385. The van der Waals surface area contributed by atoms with Gasteiger partial charge in [0.15, 0.2) is 11.5 Å². The molecule has 0 aliphatic heterocycles. The van der Waals surface area contributed by atoms with Crippen molar-refractivity contribution in [2.75, 3.05) is 14.2 Å². The molecule has 82 valence electrons. The summed E-state index contributed by atoms with van der Waals surface area (Å²) in [6.45, 7) is 4.16. The minimum Gasteiger partial charge on any atom is -0.493 e. The fourth-order valence-electron chi connectivity index (χ4n) is 1.52. The van der Waals surface area contributed by atoms with Crippen LogP contribution < -0.4 is 9.47 Å². The van der Waals surface area contributed by atoms with Crippen LogP contribution in [0.3, 0.4) is 0 Å². The maximum absolute atomic E-state index is 5.33. The highest BCUT2D eigenvalue weighted by molar-refractivity contribution is 5.61. The third kappa shape index (κ3) is 2.52. The van der Waals surface area contributed by atoms with Gasteiger partial charge in [-0.25, -0.2) is 0 Å². The van der Waals surface area contributed by atoms with E-state index < -0.39 is 0 Å². The summed E-state index contributed by atoms with van der Waals surface area (Å²) in [5, 5.41) is 0. The molecule has 1 aromatic rings. The molecule has 0 saturated carbocycles. The second kappa shape index (κ2) is 5.44. The molecule has 0 unspecified atom stereocenters. The van der Waals surface area contributed by atoms with E-state index in [0.717, 1.165) is 23.5 Å². The Balaban J connectivity index is 3.17. The lowest BCUT2D eigenvalue weighted by Crippen LogP contribution is -1.94. The van der Waals surface area contributed by atoms with Gasteiger partial charge in [-0.05, 0) is 25.0 Å². The first-order valence-electron chi connectivity index (χ1n) is 5.12. The summed E-state index contributed by atoms with van der Waals surface area (Å²) in [6.07, 6.45) is 5.28. The van der Waals surface area contributed by atoms with E-state index in [4.69, 9.17) is 9.47 Å². The summed E-state index contributed by atoms with van der Waals surface area (Å²) in [4.78, 5) is 0. The number of rotatable bonds is 4. The smallest absolute Gasteiger partial charge is 0.164 e. The molecule has 0 radical (unpaired) electrons. The minimum absolute atomic E-state index is 0.781. The van der Waals surface area contributed by atoms with Crippen molar-refractivity contribution in [2.45, 2.75) is 20.3 Å². The number of hydrogen-bond donors (Lipinski definition) is 0. The van der Waals surface area contributed by atoms with Crippen LogP contribution in [0.2, 0.25) is 0 Å². The minimum atomic E-state index is 0.781. The van der Waals surface area contributed by atoms with Crippen LogP contribution in [0.1, 0.15) is 24.5 Å². The molecule has 0 bridgehead atoms. The van der Waals surface area contributed by atoms with Crippen LogP contribution in [0, 0.1) is 6.92 Å². The summed E-state index contributed by atoms with van der Waals surface area (Å²) in [6, 6.07) is 3.98. The lowest BCUT2D eigenvalue weighted by atomic mass is 10.1. The molecule has 1 rings (SSSR count). The van der Waals surface area contributed by atoms with Gasteiger partial charge in [-0.15, -0.1) is 0 Å². The van der Waals surface area contributed by atoms with Crippen molar-refractivity contribution in [3.8, 4) is 11.5 Å². The SMILES string of the molecule is CC/C=C\c1ccc(OC)c(OC)c1C. The van der Waals surface area contributed by atoms with Gasteiger partial charge in [-0.2, -0.15) is 0 Å². The molecule has 0 saturated heterocycles. The van der Waals surface area contributed by atoms with Gasteiger partial charge in [-0.1, -0.05) is 25.1 Å². The Bertz CT molecular complexity index is 354. The Kier molecular flexibility index (Phi) is 4.22. The Hall–Kier alpha value is -1.44. The fourth-order valence-corrected chi connectivity index (χ4v) is 1.52. The van der Waals surface area contributed by atoms with Crippen molar-refractivity contribution in [3.63, 3.8) is 0 Å². The number of methoxy groups -OCH3 is 2. The number of allylic oxidation sites excluding steroid dienone is 1. The van der Waals surface area contributed by atoms with Crippen LogP contribution in [0.15, 0.2) is 18.2 Å². The largest absolute Gasteiger partial charge is 0.493 e. The molecule has 15 heavy (non-hydrogen) atoms. The quantitative estimate of drug-likeness (QED) is 0.751. The average Bonchev–Trinajstić information content (AvgIpc) is 2.27. The van der Waals surface area contributed by atoms with E-state index in [2.05, 4.69) is 19.1 Å². The average molecular weight is 206 g/mol. The Labute approximate surface area is 91.5 Å². The highest BCUT2D eigenvalue weighted by Crippen LogP contribution is 2.33. The lowest BCUT2D eigenvalue weighted by Gasteiger charge is -2.12. The topological polar surface area (TPSA) is 18.5 Å². The second-order valence-electron chi connectivity index (χ2n) is 3.33. The third-order valence-corrected chi connectivity index (χ3v) is 2.37. The second-order valence-corrected chi connectivity index (χ2v) is 3.33. The monoisotopic (exact) mass is 206 g/mol. The van der Waals surface area contributed by atoms with Crippen molar-refractivity contribution in [1.82, 2.24) is 0 Å². The maximum atomic E-state index is 5.33. The molecule has 0 amide bonds. The van der Waals surface area contributed by atoms with E-state index in [9.17, 15) is 0 Å². The highest BCUT2D eigenvalue weighted by atomic mass is 16.5. The van der Waals surface area contributed by atoms with Crippen molar-refractivity contribution < 1.29 is 9.47 Å².